The van der Waals surface area contributed by atoms with Gasteiger partial charge in [0, 0.05) is 6.54 Å². The van der Waals surface area contributed by atoms with Crippen LogP contribution in [0, 0.1) is 5.92 Å². The maximum atomic E-state index is 12.3. The lowest BCUT2D eigenvalue weighted by atomic mass is 10.1. The number of phenols is 1. The van der Waals surface area contributed by atoms with E-state index in [0.717, 1.165) is 18.2 Å². The normalized spacial score (nSPS) is 14.1. The maximum Gasteiger partial charge on any atom is 0.573 e. The van der Waals surface area contributed by atoms with Crippen molar-refractivity contribution in [2.75, 3.05) is 6.54 Å². The van der Waals surface area contributed by atoms with E-state index in [1.54, 1.807) is 13.8 Å². The van der Waals surface area contributed by atoms with Crippen LogP contribution < -0.4 is 9.46 Å². The molecule has 0 spiro atoms. The second-order valence-corrected chi connectivity index (χ2v) is 6.52. The molecule has 6 nitrogen and oxygen atoms in total. The number of phenolic OH excluding ortho intramolecular Hbond substituents is 1. The summed E-state index contributed by atoms with van der Waals surface area (Å²) in [7, 11) is -4.51. The van der Waals surface area contributed by atoms with Gasteiger partial charge in [0.2, 0.25) is 10.0 Å². The van der Waals surface area contributed by atoms with Crippen molar-refractivity contribution >= 4 is 10.0 Å². The Balaban J connectivity index is 3.13. The molecule has 10 heteroatoms. The zero-order valence-electron chi connectivity index (χ0n) is 11.8. The molecule has 0 radical (unpaired) electrons. The van der Waals surface area contributed by atoms with E-state index in [4.69, 9.17) is 0 Å². The van der Waals surface area contributed by atoms with E-state index in [0.29, 0.717) is 0 Å². The lowest BCUT2D eigenvalue weighted by Gasteiger charge is -2.17. The Labute approximate surface area is 125 Å². The van der Waals surface area contributed by atoms with Crippen molar-refractivity contribution in [3.8, 4) is 11.5 Å². The Morgan fingerprint density at radius 3 is 2.41 bits per heavy atom. The molecule has 0 aliphatic carbocycles. The second-order valence-electron chi connectivity index (χ2n) is 4.82. The van der Waals surface area contributed by atoms with Crippen molar-refractivity contribution in [3.63, 3.8) is 0 Å². The number of sulfonamides is 1. The standard InChI is InChI=1S/C12H16F3NO5S/c1-7(2)9(18)6-16-22(19,20)11-8(17)4-3-5-10(11)21-12(13,14)15/h3-5,7,9,16-18H,6H2,1-2H3. The van der Waals surface area contributed by atoms with Crippen molar-refractivity contribution < 1.29 is 36.5 Å². The van der Waals surface area contributed by atoms with Crippen LogP contribution in [0.4, 0.5) is 13.2 Å². The van der Waals surface area contributed by atoms with Gasteiger partial charge in [-0.1, -0.05) is 19.9 Å². The summed E-state index contributed by atoms with van der Waals surface area (Å²) in [4.78, 5) is -1.04. The molecule has 126 valence electrons. The van der Waals surface area contributed by atoms with Crippen LogP contribution in [-0.4, -0.2) is 37.6 Å². The molecule has 0 aromatic heterocycles. The van der Waals surface area contributed by atoms with Crippen LogP contribution in [0.25, 0.3) is 0 Å². The van der Waals surface area contributed by atoms with Gasteiger partial charge in [0.1, 0.15) is 5.75 Å². The Morgan fingerprint density at radius 1 is 1.32 bits per heavy atom. The first-order valence-corrected chi connectivity index (χ1v) is 7.68. The van der Waals surface area contributed by atoms with Crippen molar-refractivity contribution in [3.05, 3.63) is 18.2 Å². The number of nitrogens with one attached hydrogen (secondary N) is 1. The van der Waals surface area contributed by atoms with Crippen LogP contribution >= 0.6 is 0 Å². The van der Waals surface area contributed by atoms with Gasteiger partial charge in [-0.3, -0.25) is 0 Å². The molecule has 0 aliphatic heterocycles. The van der Waals surface area contributed by atoms with E-state index >= 15 is 0 Å². The molecule has 22 heavy (non-hydrogen) atoms. The lowest BCUT2D eigenvalue weighted by molar-refractivity contribution is -0.275. The number of aromatic hydroxyl groups is 1. The minimum absolute atomic E-state index is 0.266. The molecule has 1 aromatic carbocycles. The van der Waals surface area contributed by atoms with Gasteiger partial charge in [0.05, 0.1) is 6.10 Å². The van der Waals surface area contributed by atoms with E-state index in [2.05, 4.69) is 4.74 Å². The Hall–Kier alpha value is -1.52. The van der Waals surface area contributed by atoms with Crippen molar-refractivity contribution in [1.82, 2.24) is 4.72 Å². The van der Waals surface area contributed by atoms with Gasteiger partial charge in [0.25, 0.3) is 0 Å². The van der Waals surface area contributed by atoms with Crippen LogP contribution in [0.2, 0.25) is 0 Å². The quantitative estimate of drug-likeness (QED) is 0.729. The predicted octanol–water partition coefficient (Wildman–Crippen LogP) is 1.59. The maximum absolute atomic E-state index is 12.3. The summed E-state index contributed by atoms with van der Waals surface area (Å²) in [5, 5.41) is 19.1. The van der Waals surface area contributed by atoms with Crippen LogP contribution in [0.15, 0.2) is 23.1 Å². The van der Waals surface area contributed by atoms with Crippen molar-refractivity contribution in [2.24, 2.45) is 5.92 Å². The fraction of sp³-hybridized carbons (Fsp3) is 0.500. The minimum Gasteiger partial charge on any atom is -0.506 e. The number of alkyl halides is 3. The second kappa shape index (κ2) is 6.71. The number of aliphatic hydroxyl groups excluding tert-OH is 1. The van der Waals surface area contributed by atoms with Crippen LogP contribution in [0.3, 0.4) is 0 Å². The highest BCUT2D eigenvalue weighted by atomic mass is 32.2. The Kier molecular flexibility index (Phi) is 5.65. The average Bonchev–Trinajstić information content (AvgIpc) is 2.33. The van der Waals surface area contributed by atoms with E-state index in [1.165, 1.54) is 0 Å². The van der Waals surface area contributed by atoms with Crippen LogP contribution in [0.1, 0.15) is 13.8 Å². The number of ether oxygens (including phenoxy) is 1. The third-order valence-electron chi connectivity index (χ3n) is 2.70. The smallest absolute Gasteiger partial charge is 0.506 e. The zero-order chi connectivity index (χ0) is 17.1. The molecule has 1 rings (SSSR count). The third-order valence-corrected chi connectivity index (χ3v) is 4.20. The van der Waals surface area contributed by atoms with Gasteiger partial charge in [-0.05, 0) is 18.1 Å². The first kappa shape index (κ1) is 18.5. The van der Waals surface area contributed by atoms with Crippen LogP contribution in [0.5, 0.6) is 11.5 Å². The molecule has 1 unspecified atom stereocenters. The summed E-state index contributed by atoms with van der Waals surface area (Å²) >= 11 is 0. The molecule has 1 aromatic rings. The highest BCUT2D eigenvalue weighted by Gasteiger charge is 2.35. The summed E-state index contributed by atoms with van der Waals surface area (Å²) < 4.78 is 66.6. The van der Waals surface area contributed by atoms with E-state index in [1.807, 2.05) is 4.72 Å². The molecule has 1 atom stereocenters. The molecule has 0 saturated carbocycles. The average molecular weight is 343 g/mol. The van der Waals surface area contributed by atoms with E-state index in [-0.39, 0.29) is 5.92 Å². The van der Waals surface area contributed by atoms with Gasteiger partial charge < -0.3 is 14.9 Å². The molecule has 0 heterocycles. The number of benzene rings is 1. The number of hydrogen-bond donors (Lipinski definition) is 3. The number of rotatable bonds is 6. The molecule has 0 saturated heterocycles. The summed E-state index contributed by atoms with van der Waals surface area (Å²) in [5.41, 5.74) is 0. The first-order chi connectivity index (χ1) is 9.94. The molecular weight excluding hydrogens is 327 g/mol. The first-order valence-electron chi connectivity index (χ1n) is 6.19. The van der Waals surface area contributed by atoms with Gasteiger partial charge in [-0.25, -0.2) is 13.1 Å². The summed E-state index contributed by atoms with van der Waals surface area (Å²) in [6.45, 7) is 2.86. The Bertz CT molecular complexity index is 616. The Morgan fingerprint density at radius 2 is 1.91 bits per heavy atom. The molecule has 0 fully saturated rings. The predicted molar refractivity (Wildman–Crippen MR) is 70.8 cm³/mol. The molecule has 0 aliphatic rings. The molecule has 0 amide bonds. The fourth-order valence-electron chi connectivity index (χ4n) is 1.48. The highest BCUT2D eigenvalue weighted by Crippen LogP contribution is 2.35. The van der Waals surface area contributed by atoms with Crippen molar-refractivity contribution in [1.29, 1.82) is 0 Å². The van der Waals surface area contributed by atoms with Crippen molar-refractivity contribution in [2.45, 2.75) is 31.2 Å². The number of hydrogen-bond acceptors (Lipinski definition) is 5. The minimum atomic E-state index is -5.12. The van der Waals surface area contributed by atoms with Gasteiger partial charge >= 0.3 is 6.36 Å². The highest BCUT2D eigenvalue weighted by molar-refractivity contribution is 7.89. The van der Waals surface area contributed by atoms with Crippen LogP contribution in [-0.2, 0) is 10.0 Å². The van der Waals surface area contributed by atoms with Gasteiger partial charge in [-0.2, -0.15) is 0 Å². The fourth-order valence-corrected chi connectivity index (χ4v) is 2.73. The number of halogens is 3. The topological polar surface area (TPSA) is 95.9 Å². The SMILES string of the molecule is CC(C)C(O)CNS(=O)(=O)c1c(O)cccc1OC(F)(F)F. The molecular formula is C12H16F3NO5S. The molecule has 3 N–H and O–H groups in total. The summed E-state index contributed by atoms with van der Waals surface area (Å²) in [5.74, 6) is -2.22. The monoisotopic (exact) mass is 343 g/mol. The molecule has 0 bridgehead atoms. The summed E-state index contributed by atoms with van der Waals surface area (Å²) in [6.07, 6.45) is -6.15. The van der Waals surface area contributed by atoms with Gasteiger partial charge in [-0.15, -0.1) is 13.2 Å². The van der Waals surface area contributed by atoms with Gasteiger partial charge in [0.15, 0.2) is 10.6 Å². The lowest BCUT2D eigenvalue weighted by Crippen LogP contribution is -2.35. The zero-order valence-corrected chi connectivity index (χ0v) is 12.6. The van der Waals surface area contributed by atoms with E-state index in [9.17, 15) is 31.8 Å². The van der Waals surface area contributed by atoms with E-state index < -0.39 is 45.4 Å². The number of aliphatic hydroxyl groups is 1. The third kappa shape index (κ3) is 5.04. The summed E-state index contributed by atoms with van der Waals surface area (Å²) in [6, 6.07) is 2.69. The largest absolute Gasteiger partial charge is 0.573 e.